The van der Waals surface area contributed by atoms with Crippen LogP contribution in [0, 0.1) is 12.9 Å². The summed E-state index contributed by atoms with van der Waals surface area (Å²) in [6, 6.07) is 2.35. The average Bonchev–Trinajstić information content (AvgIpc) is 2.79. The summed E-state index contributed by atoms with van der Waals surface area (Å²) in [7, 11) is -3.80. The van der Waals surface area contributed by atoms with E-state index >= 15 is 0 Å². The van der Waals surface area contributed by atoms with E-state index in [0.29, 0.717) is 5.69 Å². The fourth-order valence-electron chi connectivity index (χ4n) is 1.87. The van der Waals surface area contributed by atoms with Crippen LogP contribution in [0.1, 0.15) is 32.0 Å². The van der Waals surface area contributed by atoms with Gasteiger partial charge in [-0.3, -0.25) is 9.40 Å². The number of anilines is 1. The van der Waals surface area contributed by atoms with Crippen LogP contribution in [-0.2, 0) is 10.0 Å². The zero-order valence-corrected chi connectivity index (χ0v) is 12.9. The van der Waals surface area contributed by atoms with E-state index in [-0.39, 0.29) is 10.9 Å². The van der Waals surface area contributed by atoms with Crippen molar-refractivity contribution in [3.63, 3.8) is 0 Å². The van der Waals surface area contributed by atoms with E-state index < -0.39 is 16.0 Å². The average molecular weight is 312 g/mol. The van der Waals surface area contributed by atoms with Crippen molar-refractivity contribution in [2.75, 3.05) is 4.72 Å². The number of halogens is 1. The predicted octanol–water partition coefficient (Wildman–Crippen LogP) is 2.50. The highest BCUT2D eigenvalue weighted by molar-refractivity contribution is 7.92. The van der Waals surface area contributed by atoms with Gasteiger partial charge in [0.1, 0.15) is 4.90 Å². The number of hydrogen-bond donors (Lipinski definition) is 1. The minimum atomic E-state index is -3.80. The van der Waals surface area contributed by atoms with Crippen LogP contribution < -0.4 is 4.72 Å². The second-order valence-corrected chi connectivity index (χ2v) is 6.45. The van der Waals surface area contributed by atoms with Gasteiger partial charge >= 0.3 is 0 Å². The van der Waals surface area contributed by atoms with Gasteiger partial charge in [-0.05, 0) is 32.4 Å². The largest absolute Gasteiger partial charge is 0.276 e. The Morgan fingerprint density at radius 1 is 1.38 bits per heavy atom. The van der Waals surface area contributed by atoms with Crippen LogP contribution in [0.2, 0.25) is 0 Å². The molecule has 114 valence electrons. The summed E-state index contributed by atoms with van der Waals surface area (Å²) < 4.78 is 41.4. The molecule has 0 radical (unpaired) electrons. The first-order chi connectivity index (χ1) is 9.85. The highest BCUT2D eigenvalue weighted by Crippen LogP contribution is 2.22. The molecule has 0 aromatic carbocycles. The third kappa shape index (κ3) is 3.21. The summed E-state index contributed by atoms with van der Waals surface area (Å²) in [6.45, 7) is 5.82. The molecule has 2 heterocycles. The van der Waals surface area contributed by atoms with E-state index in [1.165, 1.54) is 12.3 Å². The molecule has 0 bridgehead atoms. The molecule has 0 saturated carbocycles. The maximum absolute atomic E-state index is 12.8. The SMILES string of the molecule is CC[C@@H](C)n1ncc(NS(=O)(=O)c2ccc(F)nc2)c1C. The van der Waals surface area contributed by atoms with Crippen LogP contribution in [0.4, 0.5) is 10.1 Å². The van der Waals surface area contributed by atoms with Gasteiger partial charge in [0.25, 0.3) is 10.0 Å². The monoisotopic (exact) mass is 312 g/mol. The van der Waals surface area contributed by atoms with E-state index in [1.807, 2.05) is 13.8 Å². The molecule has 0 spiro atoms. The molecule has 1 N–H and O–H groups in total. The van der Waals surface area contributed by atoms with Gasteiger partial charge in [0.2, 0.25) is 5.95 Å². The summed E-state index contributed by atoms with van der Waals surface area (Å²) in [5, 5.41) is 4.19. The predicted molar refractivity (Wildman–Crippen MR) is 77.0 cm³/mol. The lowest BCUT2D eigenvalue weighted by Crippen LogP contribution is -2.14. The van der Waals surface area contributed by atoms with Crippen molar-refractivity contribution in [2.24, 2.45) is 0 Å². The maximum atomic E-state index is 12.8. The maximum Gasteiger partial charge on any atom is 0.263 e. The Labute approximate surface area is 123 Å². The third-order valence-corrected chi connectivity index (χ3v) is 4.66. The second-order valence-electron chi connectivity index (χ2n) is 4.77. The molecule has 1 atom stereocenters. The quantitative estimate of drug-likeness (QED) is 0.861. The first-order valence-electron chi connectivity index (χ1n) is 6.53. The zero-order chi connectivity index (χ0) is 15.6. The first kappa shape index (κ1) is 15.4. The normalized spacial score (nSPS) is 13.1. The van der Waals surface area contributed by atoms with Gasteiger partial charge in [0.05, 0.1) is 23.8 Å². The molecule has 8 heteroatoms. The summed E-state index contributed by atoms with van der Waals surface area (Å²) in [6.07, 6.45) is 3.33. The molecule has 6 nitrogen and oxygen atoms in total. The van der Waals surface area contributed by atoms with E-state index in [1.54, 1.807) is 11.6 Å². The third-order valence-electron chi connectivity index (χ3n) is 3.31. The van der Waals surface area contributed by atoms with Gasteiger partial charge in [-0.2, -0.15) is 9.49 Å². The molecule has 2 rings (SSSR count). The molecular weight excluding hydrogens is 295 g/mol. The lowest BCUT2D eigenvalue weighted by Gasteiger charge is -2.12. The van der Waals surface area contributed by atoms with E-state index in [0.717, 1.165) is 24.4 Å². The number of hydrogen-bond acceptors (Lipinski definition) is 4. The van der Waals surface area contributed by atoms with Crippen molar-refractivity contribution in [2.45, 2.75) is 38.1 Å². The van der Waals surface area contributed by atoms with Gasteiger partial charge in [0, 0.05) is 6.04 Å². The van der Waals surface area contributed by atoms with Crippen molar-refractivity contribution in [1.82, 2.24) is 14.8 Å². The Balaban J connectivity index is 2.29. The van der Waals surface area contributed by atoms with Crippen molar-refractivity contribution >= 4 is 15.7 Å². The molecule has 0 unspecified atom stereocenters. The highest BCUT2D eigenvalue weighted by atomic mass is 32.2. The van der Waals surface area contributed by atoms with Crippen molar-refractivity contribution < 1.29 is 12.8 Å². The van der Waals surface area contributed by atoms with E-state index in [2.05, 4.69) is 14.8 Å². The van der Waals surface area contributed by atoms with Gasteiger partial charge in [-0.25, -0.2) is 13.4 Å². The standard InChI is InChI=1S/C13H17FN4O2S/c1-4-9(2)18-10(3)12(8-16-18)17-21(19,20)11-5-6-13(14)15-7-11/h5-9,17H,4H2,1-3H3/t9-/m1/s1. The molecule has 2 aromatic heterocycles. The van der Waals surface area contributed by atoms with Crippen molar-refractivity contribution in [1.29, 1.82) is 0 Å². The smallest absolute Gasteiger partial charge is 0.263 e. The van der Waals surface area contributed by atoms with Gasteiger partial charge in [0.15, 0.2) is 0 Å². The number of nitrogens with one attached hydrogen (secondary N) is 1. The van der Waals surface area contributed by atoms with Gasteiger partial charge in [-0.1, -0.05) is 6.92 Å². The fraction of sp³-hybridized carbons (Fsp3) is 0.385. The minimum Gasteiger partial charge on any atom is -0.276 e. The molecule has 0 fully saturated rings. The summed E-state index contributed by atoms with van der Waals surface area (Å²) in [4.78, 5) is 3.25. The van der Waals surface area contributed by atoms with E-state index in [9.17, 15) is 12.8 Å². The molecule has 0 saturated heterocycles. The van der Waals surface area contributed by atoms with Crippen LogP contribution in [0.3, 0.4) is 0 Å². The van der Waals surface area contributed by atoms with Gasteiger partial charge in [-0.15, -0.1) is 0 Å². The Kier molecular flexibility index (Phi) is 4.26. The number of nitrogens with zero attached hydrogens (tertiary/aromatic N) is 3. The molecule has 21 heavy (non-hydrogen) atoms. The Morgan fingerprint density at radius 3 is 2.67 bits per heavy atom. The molecular formula is C13H17FN4O2S. The molecule has 0 aliphatic heterocycles. The lowest BCUT2D eigenvalue weighted by molar-refractivity contribution is 0.468. The number of rotatable bonds is 5. The number of aromatic nitrogens is 3. The van der Waals surface area contributed by atoms with Crippen LogP contribution in [0.15, 0.2) is 29.4 Å². The van der Waals surface area contributed by atoms with Crippen molar-refractivity contribution in [3.8, 4) is 0 Å². The number of sulfonamides is 1. The summed E-state index contributed by atoms with van der Waals surface area (Å²) in [5.74, 6) is -0.727. The highest BCUT2D eigenvalue weighted by Gasteiger charge is 2.19. The Bertz CT molecular complexity index is 725. The zero-order valence-electron chi connectivity index (χ0n) is 12.0. The van der Waals surface area contributed by atoms with Crippen LogP contribution >= 0.6 is 0 Å². The Hall–Kier alpha value is -1.96. The molecule has 0 aliphatic carbocycles. The molecule has 0 aliphatic rings. The minimum absolute atomic E-state index is 0.0976. The second kappa shape index (κ2) is 5.80. The van der Waals surface area contributed by atoms with Crippen LogP contribution in [0.25, 0.3) is 0 Å². The van der Waals surface area contributed by atoms with Crippen molar-refractivity contribution in [3.05, 3.63) is 36.2 Å². The first-order valence-corrected chi connectivity index (χ1v) is 8.02. The van der Waals surface area contributed by atoms with Gasteiger partial charge < -0.3 is 0 Å². The van der Waals surface area contributed by atoms with Crippen LogP contribution in [0.5, 0.6) is 0 Å². The van der Waals surface area contributed by atoms with Crippen LogP contribution in [-0.4, -0.2) is 23.2 Å². The molecule has 2 aromatic rings. The molecule has 0 amide bonds. The lowest BCUT2D eigenvalue weighted by atomic mass is 10.2. The Morgan fingerprint density at radius 2 is 2.10 bits per heavy atom. The summed E-state index contributed by atoms with van der Waals surface area (Å²) in [5.41, 5.74) is 1.13. The number of pyridine rings is 1. The topological polar surface area (TPSA) is 76.9 Å². The summed E-state index contributed by atoms with van der Waals surface area (Å²) >= 11 is 0. The van der Waals surface area contributed by atoms with E-state index in [4.69, 9.17) is 0 Å². The fourth-order valence-corrected chi connectivity index (χ4v) is 2.91.